The zero-order valence-electron chi connectivity index (χ0n) is 18.6. The van der Waals surface area contributed by atoms with Crippen LogP contribution in [0.2, 0.25) is 0 Å². The van der Waals surface area contributed by atoms with Crippen molar-refractivity contribution in [3.63, 3.8) is 0 Å². The summed E-state index contributed by atoms with van der Waals surface area (Å²) in [6.07, 6.45) is 1.12. The lowest BCUT2D eigenvalue weighted by molar-refractivity contribution is 0.0154. The summed E-state index contributed by atoms with van der Waals surface area (Å²) in [6, 6.07) is 7.10. The van der Waals surface area contributed by atoms with Crippen molar-refractivity contribution in [1.29, 1.82) is 0 Å². The van der Waals surface area contributed by atoms with Gasteiger partial charge in [-0.1, -0.05) is 0 Å². The number of hydrogen-bond donors (Lipinski definition) is 2. The van der Waals surface area contributed by atoms with E-state index in [0.717, 1.165) is 50.1 Å². The number of nitrogens with zero attached hydrogens (tertiary/aromatic N) is 4. The Bertz CT molecular complexity index is 712. The van der Waals surface area contributed by atoms with E-state index in [9.17, 15) is 0 Å². The summed E-state index contributed by atoms with van der Waals surface area (Å²) in [7, 11) is 5.25. The third-order valence-corrected chi connectivity index (χ3v) is 6.55. The number of benzene rings is 1. The number of likely N-dealkylation sites (tertiary alicyclic amines) is 1. The Morgan fingerprint density at radius 1 is 1.03 bits per heavy atom. The number of hydrogen-bond acceptors (Lipinski definition) is 6. The molecule has 8 nitrogen and oxygen atoms in total. The number of guanidine groups is 1. The van der Waals surface area contributed by atoms with Crippen LogP contribution < -0.4 is 20.1 Å². The maximum atomic E-state index is 5.40. The van der Waals surface area contributed by atoms with Crippen molar-refractivity contribution in [3.05, 3.63) is 23.8 Å². The van der Waals surface area contributed by atoms with Gasteiger partial charge in [0.25, 0.3) is 0 Å². The maximum Gasteiger partial charge on any atom is 0.191 e. The third kappa shape index (κ3) is 5.17. The van der Waals surface area contributed by atoms with Crippen LogP contribution in [0.5, 0.6) is 11.5 Å². The highest BCUT2D eigenvalue weighted by Crippen LogP contribution is 2.24. The van der Waals surface area contributed by atoms with Gasteiger partial charge in [0.1, 0.15) is 11.5 Å². The Labute approximate surface area is 180 Å². The minimum absolute atomic E-state index is 0.413. The van der Waals surface area contributed by atoms with Crippen LogP contribution in [0.4, 0.5) is 0 Å². The molecule has 4 heterocycles. The number of methoxy groups -OCH3 is 2. The molecule has 0 spiro atoms. The molecule has 1 aromatic carbocycles. The molecule has 2 N–H and O–H groups in total. The first kappa shape index (κ1) is 21.2. The number of aliphatic imine (C=N–C) groups is 1. The standard InChI is InChI=1S/C22H36N6O2/c1-23-22(24-13-19-16-26-6-8-28(19)9-7-26)25-18-4-5-27(15-18)14-17-10-20(29-2)12-21(11-17)30-3/h10-12,18-19H,4-9,13-16H2,1-3H3,(H2,23,24,25). The fourth-order valence-corrected chi connectivity index (χ4v) is 4.83. The lowest BCUT2D eigenvalue weighted by Gasteiger charge is -2.47. The number of ether oxygens (including phenoxy) is 2. The molecule has 0 aromatic heterocycles. The van der Waals surface area contributed by atoms with E-state index in [0.29, 0.717) is 12.1 Å². The SMILES string of the molecule is CN=C(NCC1CN2CCN1CC2)NC1CCN(Cc2cc(OC)cc(OC)c2)C1. The highest BCUT2D eigenvalue weighted by Gasteiger charge is 2.32. The molecule has 1 aromatic rings. The highest BCUT2D eigenvalue weighted by atomic mass is 16.5. The van der Waals surface area contributed by atoms with Gasteiger partial charge >= 0.3 is 0 Å². The summed E-state index contributed by atoms with van der Waals surface area (Å²) in [4.78, 5) is 12.1. The third-order valence-electron chi connectivity index (χ3n) is 6.55. The molecular weight excluding hydrogens is 380 g/mol. The topological polar surface area (TPSA) is 64.6 Å². The molecule has 4 fully saturated rings. The minimum atomic E-state index is 0.413. The smallest absolute Gasteiger partial charge is 0.191 e. The molecule has 30 heavy (non-hydrogen) atoms. The Kier molecular flexibility index (Phi) is 6.97. The summed E-state index contributed by atoms with van der Waals surface area (Å²) in [6.45, 7) is 9.94. The molecule has 0 aliphatic carbocycles. The molecule has 4 aliphatic rings. The Hall–Kier alpha value is -2.03. The summed E-state index contributed by atoms with van der Waals surface area (Å²) >= 11 is 0. The van der Waals surface area contributed by atoms with E-state index in [1.807, 2.05) is 13.1 Å². The van der Waals surface area contributed by atoms with Crippen molar-refractivity contribution in [1.82, 2.24) is 25.3 Å². The molecule has 4 saturated heterocycles. The van der Waals surface area contributed by atoms with Gasteiger partial charge in [-0.3, -0.25) is 19.7 Å². The summed E-state index contributed by atoms with van der Waals surface area (Å²) < 4.78 is 10.8. The van der Waals surface area contributed by atoms with Crippen molar-refractivity contribution in [3.8, 4) is 11.5 Å². The van der Waals surface area contributed by atoms with Crippen LogP contribution >= 0.6 is 0 Å². The molecule has 0 radical (unpaired) electrons. The Morgan fingerprint density at radius 3 is 2.37 bits per heavy atom. The largest absolute Gasteiger partial charge is 0.497 e. The molecule has 5 rings (SSSR count). The van der Waals surface area contributed by atoms with E-state index < -0.39 is 0 Å². The molecule has 8 heteroatoms. The van der Waals surface area contributed by atoms with Crippen molar-refractivity contribution < 1.29 is 9.47 Å². The van der Waals surface area contributed by atoms with Gasteiger partial charge in [0, 0.05) is 84.1 Å². The van der Waals surface area contributed by atoms with Crippen LogP contribution in [0.3, 0.4) is 0 Å². The summed E-state index contributed by atoms with van der Waals surface area (Å²) in [5.41, 5.74) is 1.21. The number of piperazine rings is 3. The number of nitrogens with one attached hydrogen (secondary N) is 2. The molecule has 2 atom stereocenters. The van der Waals surface area contributed by atoms with E-state index in [4.69, 9.17) is 9.47 Å². The zero-order valence-corrected chi connectivity index (χ0v) is 18.6. The van der Waals surface area contributed by atoms with Gasteiger partial charge in [0.05, 0.1) is 14.2 Å². The second-order valence-corrected chi connectivity index (χ2v) is 8.53. The van der Waals surface area contributed by atoms with Crippen LogP contribution in [-0.4, -0.2) is 106 Å². The number of fused-ring (bicyclic) bond motifs is 3. The van der Waals surface area contributed by atoms with Crippen LogP contribution in [0.25, 0.3) is 0 Å². The minimum Gasteiger partial charge on any atom is -0.497 e. The first-order valence-corrected chi connectivity index (χ1v) is 11.0. The molecule has 2 bridgehead atoms. The van der Waals surface area contributed by atoms with Gasteiger partial charge in [0.2, 0.25) is 0 Å². The Balaban J connectivity index is 1.25. The van der Waals surface area contributed by atoms with Gasteiger partial charge in [0.15, 0.2) is 5.96 Å². The van der Waals surface area contributed by atoms with E-state index >= 15 is 0 Å². The molecule has 166 valence electrons. The van der Waals surface area contributed by atoms with E-state index in [1.54, 1.807) is 14.2 Å². The molecule has 0 saturated carbocycles. The average molecular weight is 417 g/mol. The quantitative estimate of drug-likeness (QED) is 0.494. The van der Waals surface area contributed by atoms with Crippen LogP contribution in [0.15, 0.2) is 23.2 Å². The molecule has 4 aliphatic heterocycles. The predicted octanol–water partition coefficient (Wildman–Crippen LogP) is 0.443. The van der Waals surface area contributed by atoms with Crippen LogP contribution in [0, 0.1) is 0 Å². The van der Waals surface area contributed by atoms with E-state index in [2.05, 4.69) is 42.5 Å². The van der Waals surface area contributed by atoms with Gasteiger partial charge < -0.3 is 20.1 Å². The fraction of sp³-hybridized carbons (Fsp3) is 0.682. The zero-order chi connectivity index (χ0) is 20.9. The van der Waals surface area contributed by atoms with E-state index in [-0.39, 0.29) is 0 Å². The normalized spacial score (nSPS) is 29.1. The van der Waals surface area contributed by atoms with Gasteiger partial charge in [-0.25, -0.2) is 0 Å². The number of rotatable bonds is 7. The van der Waals surface area contributed by atoms with Crippen LogP contribution in [0.1, 0.15) is 12.0 Å². The predicted molar refractivity (Wildman–Crippen MR) is 120 cm³/mol. The van der Waals surface area contributed by atoms with Crippen molar-refractivity contribution in [2.24, 2.45) is 4.99 Å². The molecule has 0 amide bonds. The highest BCUT2D eigenvalue weighted by molar-refractivity contribution is 5.80. The second-order valence-electron chi connectivity index (χ2n) is 8.53. The van der Waals surface area contributed by atoms with Crippen molar-refractivity contribution >= 4 is 5.96 Å². The van der Waals surface area contributed by atoms with Crippen molar-refractivity contribution in [2.45, 2.75) is 25.0 Å². The second kappa shape index (κ2) is 9.85. The molecular formula is C22H36N6O2. The lowest BCUT2D eigenvalue weighted by atomic mass is 10.1. The van der Waals surface area contributed by atoms with Crippen molar-refractivity contribution in [2.75, 3.05) is 73.6 Å². The summed E-state index contributed by atoms with van der Waals surface area (Å²) in [5.74, 6) is 2.60. The van der Waals surface area contributed by atoms with Gasteiger partial charge in [-0.2, -0.15) is 0 Å². The maximum absolute atomic E-state index is 5.40. The first-order chi connectivity index (χ1) is 14.7. The van der Waals surface area contributed by atoms with Gasteiger partial charge in [-0.05, 0) is 24.1 Å². The lowest BCUT2D eigenvalue weighted by Crippen LogP contribution is -2.64. The fourth-order valence-electron chi connectivity index (χ4n) is 4.83. The average Bonchev–Trinajstić information content (AvgIpc) is 3.23. The first-order valence-electron chi connectivity index (χ1n) is 11.0. The summed E-state index contributed by atoms with van der Waals surface area (Å²) in [5, 5.41) is 7.19. The van der Waals surface area contributed by atoms with Crippen LogP contribution in [-0.2, 0) is 6.54 Å². The van der Waals surface area contributed by atoms with Gasteiger partial charge in [-0.15, -0.1) is 0 Å². The van der Waals surface area contributed by atoms with E-state index in [1.165, 1.54) is 38.3 Å². The molecule has 2 unspecified atom stereocenters. The monoisotopic (exact) mass is 416 g/mol. The Morgan fingerprint density at radius 2 is 1.77 bits per heavy atom.